The maximum absolute atomic E-state index is 14.0. The summed E-state index contributed by atoms with van der Waals surface area (Å²) >= 11 is 0. The number of carbonyl (C=O) groups is 2. The maximum Gasteiger partial charge on any atom is 0.573 e. The smallest absolute Gasteiger partial charge is 0.445 e. The van der Waals surface area contributed by atoms with Gasteiger partial charge in [0.1, 0.15) is 6.61 Å². The van der Waals surface area contributed by atoms with Gasteiger partial charge in [-0.3, -0.25) is 4.79 Å². The second-order valence-corrected chi connectivity index (χ2v) is 8.06. The minimum Gasteiger partial charge on any atom is -0.445 e. The number of ether oxygens (including phenoxy) is 2. The van der Waals surface area contributed by atoms with E-state index in [1.54, 1.807) is 4.90 Å². The topological polar surface area (TPSA) is 55.8 Å². The number of nitrogens with zero attached hydrogens (tertiary/aromatic N) is 1. The summed E-state index contributed by atoms with van der Waals surface area (Å²) in [5.74, 6) is -3.03. The number of piperidine rings is 1. The highest BCUT2D eigenvalue weighted by Crippen LogP contribution is 2.40. The number of benzene rings is 2. The van der Waals surface area contributed by atoms with Crippen LogP contribution >= 0.6 is 0 Å². The number of fused-ring (bicyclic) bond motifs is 2. The molecule has 2 aliphatic heterocycles. The van der Waals surface area contributed by atoms with Gasteiger partial charge in [-0.2, -0.15) is 0 Å². The molecule has 0 spiro atoms. The fourth-order valence-corrected chi connectivity index (χ4v) is 4.58. The molecule has 9 heteroatoms. The predicted molar refractivity (Wildman–Crippen MR) is 105 cm³/mol. The summed E-state index contributed by atoms with van der Waals surface area (Å²) in [7, 11) is 0. The zero-order chi connectivity index (χ0) is 22.9. The van der Waals surface area contributed by atoms with Crippen LogP contribution in [0.5, 0.6) is 5.75 Å². The van der Waals surface area contributed by atoms with Crippen LogP contribution < -0.4 is 4.74 Å². The van der Waals surface area contributed by atoms with Gasteiger partial charge in [0.25, 0.3) is 0 Å². The summed E-state index contributed by atoms with van der Waals surface area (Å²) in [5, 5.41) is 0. The highest BCUT2D eigenvalue weighted by atomic mass is 19.4. The lowest BCUT2D eigenvalue weighted by molar-refractivity contribution is -0.275. The van der Waals surface area contributed by atoms with Crippen molar-refractivity contribution in [1.82, 2.24) is 4.90 Å². The summed E-state index contributed by atoms with van der Waals surface area (Å²) in [6.45, 7) is 0.156. The van der Waals surface area contributed by atoms with Gasteiger partial charge < -0.3 is 14.4 Å². The molecular weight excluding hydrogens is 430 g/mol. The lowest BCUT2D eigenvalue weighted by Gasteiger charge is -2.37. The number of hydrogen-bond donors (Lipinski definition) is 0. The van der Waals surface area contributed by atoms with Crippen LogP contribution in [0.25, 0.3) is 0 Å². The first-order valence-electron chi connectivity index (χ1n) is 10.3. The standard InChI is InChI=1S/C23H21F4NO4/c24-19-12-15(6-9-20(19)32-23(25,26)27)21(29)16-10-17-7-8-18(11-16)28(17)22(30)31-13-14-4-2-1-3-5-14/h1-6,9,12,16-18H,7-8,10-11,13H2. The zero-order valence-electron chi connectivity index (χ0n) is 17.0. The fourth-order valence-electron chi connectivity index (χ4n) is 4.58. The molecule has 2 heterocycles. The molecule has 2 aromatic rings. The third kappa shape index (κ3) is 4.87. The third-order valence-electron chi connectivity index (χ3n) is 5.96. The Morgan fingerprint density at radius 2 is 1.66 bits per heavy atom. The van der Waals surface area contributed by atoms with E-state index in [1.165, 1.54) is 0 Å². The first kappa shape index (κ1) is 22.1. The van der Waals surface area contributed by atoms with Crippen LogP contribution in [0, 0.1) is 11.7 Å². The first-order valence-corrected chi connectivity index (χ1v) is 10.3. The summed E-state index contributed by atoms with van der Waals surface area (Å²) in [6, 6.07) is 11.7. The second-order valence-electron chi connectivity index (χ2n) is 8.06. The molecule has 2 bridgehead atoms. The predicted octanol–water partition coefficient (Wildman–Crippen LogP) is 5.49. The van der Waals surface area contributed by atoms with Crippen LogP contribution in [0.1, 0.15) is 41.6 Å². The number of rotatable bonds is 5. The Labute approximate surface area is 181 Å². The van der Waals surface area contributed by atoms with Crippen molar-refractivity contribution in [2.45, 2.75) is 50.7 Å². The third-order valence-corrected chi connectivity index (χ3v) is 5.96. The SMILES string of the molecule is O=C(c1ccc(OC(F)(F)F)c(F)c1)C1CC2CCC(C1)N2C(=O)OCc1ccccc1. The average molecular weight is 451 g/mol. The van der Waals surface area contributed by atoms with E-state index in [2.05, 4.69) is 4.74 Å². The molecule has 0 saturated carbocycles. The van der Waals surface area contributed by atoms with Gasteiger partial charge in [0.2, 0.25) is 0 Å². The molecule has 2 unspecified atom stereocenters. The molecule has 0 aliphatic carbocycles. The molecular formula is C23H21F4NO4. The van der Waals surface area contributed by atoms with E-state index in [9.17, 15) is 27.2 Å². The molecule has 4 rings (SSSR count). The van der Waals surface area contributed by atoms with E-state index in [4.69, 9.17) is 4.74 Å². The minimum absolute atomic E-state index is 0.0125. The fraction of sp³-hybridized carbons (Fsp3) is 0.391. The molecule has 0 N–H and O–H groups in total. The molecule has 5 nitrogen and oxygen atoms in total. The Morgan fingerprint density at radius 1 is 1.00 bits per heavy atom. The number of carbonyl (C=O) groups excluding carboxylic acids is 2. The maximum atomic E-state index is 14.0. The van der Waals surface area contributed by atoms with Crippen molar-refractivity contribution in [3.05, 3.63) is 65.5 Å². The molecule has 0 radical (unpaired) electrons. The molecule has 1 amide bonds. The van der Waals surface area contributed by atoms with Gasteiger partial charge in [0.05, 0.1) is 0 Å². The Kier molecular flexibility index (Phi) is 6.08. The molecule has 2 saturated heterocycles. The number of amides is 1. The van der Waals surface area contributed by atoms with Crippen molar-refractivity contribution in [3.8, 4) is 5.75 Å². The Bertz CT molecular complexity index is 981. The second kappa shape index (κ2) is 8.80. The van der Waals surface area contributed by atoms with Gasteiger partial charge in [-0.15, -0.1) is 13.2 Å². The van der Waals surface area contributed by atoms with Crippen LogP contribution in [-0.4, -0.2) is 35.2 Å². The monoisotopic (exact) mass is 451 g/mol. The van der Waals surface area contributed by atoms with Gasteiger partial charge in [-0.1, -0.05) is 30.3 Å². The van der Waals surface area contributed by atoms with Gasteiger partial charge in [0.15, 0.2) is 17.3 Å². The normalized spacial score (nSPS) is 22.5. The minimum atomic E-state index is -5.02. The van der Waals surface area contributed by atoms with Crippen LogP contribution in [-0.2, 0) is 11.3 Å². The number of halogens is 4. The van der Waals surface area contributed by atoms with Gasteiger partial charge in [-0.05, 0) is 49.4 Å². The van der Waals surface area contributed by atoms with Crippen molar-refractivity contribution in [2.24, 2.45) is 5.92 Å². The molecule has 2 aromatic carbocycles. The van der Waals surface area contributed by atoms with E-state index >= 15 is 0 Å². The molecule has 32 heavy (non-hydrogen) atoms. The van der Waals surface area contributed by atoms with Gasteiger partial charge in [-0.25, -0.2) is 9.18 Å². The van der Waals surface area contributed by atoms with Crippen molar-refractivity contribution in [1.29, 1.82) is 0 Å². The molecule has 170 valence electrons. The van der Waals surface area contributed by atoms with Crippen LogP contribution in [0.4, 0.5) is 22.4 Å². The van der Waals surface area contributed by atoms with Crippen LogP contribution in [0.3, 0.4) is 0 Å². The van der Waals surface area contributed by atoms with Gasteiger partial charge in [0, 0.05) is 23.6 Å². The van der Waals surface area contributed by atoms with Crippen molar-refractivity contribution in [2.75, 3.05) is 0 Å². The van der Waals surface area contributed by atoms with Crippen LogP contribution in [0.15, 0.2) is 48.5 Å². The average Bonchev–Trinajstić information content (AvgIpc) is 3.02. The molecule has 2 fully saturated rings. The Hall–Kier alpha value is -3.10. The van der Waals surface area contributed by atoms with E-state index in [1.807, 2.05) is 30.3 Å². The summed E-state index contributed by atoms with van der Waals surface area (Å²) in [5.41, 5.74) is 0.861. The summed E-state index contributed by atoms with van der Waals surface area (Å²) in [6.07, 6.45) is -3.17. The number of hydrogen-bond acceptors (Lipinski definition) is 4. The molecule has 2 atom stereocenters. The lowest BCUT2D eigenvalue weighted by Crippen LogP contribution is -2.48. The lowest BCUT2D eigenvalue weighted by atomic mass is 9.85. The highest BCUT2D eigenvalue weighted by Gasteiger charge is 2.46. The Morgan fingerprint density at radius 3 is 2.25 bits per heavy atom. The zero-order valence-corrected chi connectivity index (χ0v) is 17.0. The number of alkyl halides is 3. The highest BCUT2D eigenvalue weighted by molar-refractivity contribution is 5.98. The first-order chi connectivity index (χ1) is 15.2. The van der Waals surface area contributed by atoms with Crippen molar-refractivity contribution >= 4 is 11.9 Å². The largest absolute Gasteiger partial charge is 0.573 e. The van der Waals surface area contributed by atoms with E-state index in [-0.39, 0.29) is 30.0 Å². The Balaban J connectivity index is 1.39. The van der Waals surface area contributed by atoms with E-state index in [0.29, 0.717) is 12.8 Å². The molecule has 0 aromatic heterocycles. The van der Waals surface area contributed by atoms with Crippen molar-refractivity contribution < 1.29 is 36.6 Å². The van der Waals surface area contributed by atoms with E-state index in [0.717, 1.165) is 36.6 Å². The summed E-state index contributed by atoms with van der Waals surface area (Å²) in [4.78, 5) is 27.2. The number of Topliss-reactive ketones (excluding diaryl/α,β-unsaturated/α-hetero) is 1. The number of ketones is 1. The molecule has 2 aliphatic rings. The van der Waals surface area contributed by atoms with Gasteiger partial charge >= 0.3 is 12.5 Å². The van der Waals surface area contributed by atoms with Crippen molar-refractivity contribution in [3.63, 3.8) is 0 Å². The van der Waals surface area contributed by atoms with E-state index < -0.39 is 29.9 Å². The van der Waals surface area contributed by atoms with Crippen LogP contribution in [0.2, 0.25) is 0 Å². The quantitative estimate of drug-likeness (QED) is 0.446. The summed E-state index contributed by atoms with van der Waals surface area (Å²) < 4.78 is 60.0.